The maximum atomic E-state index is 12.6. The van der Waals surface area contributed by atoms with Crippen molar-refractivity contribution in [3.05, 3.63) is 29.3 Å². The second-order valence-corrected chi connectivity index (χ2v) is 8.55. The molecule has 0 atom stereocenters. The molecular weight excluding hydrogens is 474 g/mol. The lowest BCUT2D eigenvalue weighted by molar-refractivity contribution is -0.308. The number of nitrogens with zero attached hydrogens (tertiary/aromatic N) is 2. The number of carbonyl (C=O) groups is 2. The average Bonchev–Trinajstić information content (AvgIpc) is 3.52. The highest BCUT2D eigenvalue weighted by atomic mass is 19.4. The van der Waals surface area contributed by atoms with Crippen LogP contribution in [0.25, 0.3) is 0 Å². The fraction of sp³-hybridized carbons (Fsp3) is 0.619. The Bertz CT molecular complexity index is 894. The molecular formula is C21H24F6N2O5. The number of carbonyl (C=O) groups excluding carboxylic acids is 1. The highest BCUT2D eigenvalue weighted by Crippen LogP contribution is 2.46. The Morgan fingerprint density at radius 3 is 2.15 bits per heavy atom. The van der Waals surface area contributed by atoms with E-state index in [0.717, 1.165) is 16.0 Å². The van der Waals surface area contributed by atoms with Gasteiger partial charge in [0.15, 0.2) is 0 Å². The second kappa shape index (κ2) is 9.51. The van der Waals surface area contributed by atoms with Crippen molar-refractivity contribution in [2.45, 2.75) is 44.8 Å². The number of benzene rings is 1. The molecule has 1 saturated carbocycles. The first-order valence-corrected chi connectivity index (χ1v) is 10.5. The number of aliphatic carboxylic acids is 1. The number of rotatable bonds is 7. The zero-order valence-corrected chi connectivity index (χ0v) is 18.2. The standard InChI is InChI=1S/C21H24F6N2O5/c1-13-3-2-4-14(15(13)33-12-19(5-6-19)17(30)31)11-28-7-9-29(10-8-28)18(32)34-16(20(22,23)24)21(25,26)27/h2-4,16H,5-12H2,1H3,(H,30,31). The van der Waals surface area contributed by atoms with Crippen LogP contribution in [0.3, 0.4) is 0 Å². The molecule has 3 rings (SSSR count). The van der Waals surface area contributed by atoms with E-state index in [9.17, 15) is 41.0 Å². The van der Waals surface area contributed by atoms with Gasteiger partial charge in [0.05, 0.1) is 0 Å². The smallest absolute Gasteiger partial charge is 0.434 e. The third-order valence-corrected chi connectivity index (χ3v) is 5.93. The number of amides is 1. The number of carboxylic acid groups (broad SMARTS) is 1. The highest BCUT2D eigenvalue weighted by molar-refractivity contribution is 5.78. The van der Waals surface area contributed by atoms with Gasteiger partial charge < -0.3 is 19.5 Å². The minimum Gasteiger partial charge on any atom is -0.492 e. The van der Waals surface area contributed by atoms with Crippen molar-refractivity contribution < 1.29 is 50.5 Å². The fourth-order valence-electron chi connectivity index (χ4n) is 3.65. The number of para-hydroxylation sites is 1. The number of hydrogen-bond acceptors (Lipinski definition) is 5. The average molecular weight is 498 g/mol. The molecule has 1 aliphatic heterocycles. The summed E-state index contributed by atoms with van der Waals surface area (Å²) in [7, 11) is 0. The molecule has 2 aliphatic rings. The van der Waals surface area contributed by atoms with Crippen molar-refractivity contribution in [2.75, 3.05) is 32.8 Å². The molecule has 0 bridgehead atoms. The molecule has 1 aliphatic carbocycles. The number of hydrogen-bond donors (Lipinski definition) is 1. The van der Waals surface area contributed by atoms with Crippen LogP contribution in [0.5, 0.6) is 5.75 Å². The van der Waals surface area contributed by atoms with Crippen molar-refractivity contribution in [1.82, 2.24) is 9.80 Å². The number of ether oxygens (including phenoxy) is 2. The molecule has 1 saturated heterocycles. The Morgan fingerprint density at radius 2 is 1.65 bits per heavy atom. The van der Waals surface area contributed by atoms with Gasteiger partial charge in [-0.1, -0.05) is 18.2 Å². The van der Waals surface area contributed by atoms with Crippen LogP contribution < -0.4 is 4.74 Å². The first-order chi connectivity index (χ1) is 15.7. The summed E-state index contributed by atoms with van der Waals surface area (Å²) >= 11 is 0. The number of carboxylic acids is 1. The Labute approximate surface area is 191 Å². The first kappa shape index (κ1) is 25.9. The molecule has 2 fully saturated rings. The molecule has 0 aromatic heterocycles. The monoisotopic (exact) mass is 498 g/mol. The molecule has 1 N–H and O–H groups in total. The maximum Gasteiger partial charge on any atom is 0.434 e. The van der Waals surface area contributed by atoms with Crippen LogP contribution >= 0.6 is 0 Å². The number of halogens is 6. The van der Waals surface area contributed by atoms with Gasteiger partial charge >= 0.3 is 24.4 Å². The normalized spacial score (nSPS) is 18.6. The molecule has 0 radical (unpaired) electrons. The van der Waals surface area contributed by atoms with Gasteiger partial charge in [0, 0.05) is 38.3 Å². The van der Waals surface area contributed by atoms with E-state index in [4.69, 9.17) is 4.74 Å². The molecule has 190 valence electrons. The number of aryl methyl sites for hydroxylation is 1. The molecule has 34 heavy (non-hydrogen) atoms. The third kappa shape index (κ3) is 6.05. The van der Waals surface area contributed by atoms with Crippen molar-refractivity contribution in [2.24, 2.45) is 5.41 Å². The van der Waals surface area contributed by atoms with Crippen molar-refractivity contribution >= 4 is 12.1 Å². The minimum absolute atomic E-state index is 0.0272. The Balaban J connectivity index is 1.58. The summed E-state index contributed by atoms with van der Waals surface area (Å²) in [6, 6.07) is 5.40. The zero-order valence-electron chi connectivity index (χ0n) is 18.2. The Morgan fingerprint density at radius 1 is 1.06 bits per heavy atom. The van der Waals surface area contributed by atoms with Crippen LogP contribution in [0, 0.1) is 12.3 Å². The van der Waals surface area contributed by atoms with Crippen molar-refractivity contribution in [1.29, 1.82) is 0 Å². The van der Waals surface area contributed by atoms with Crippen LogP contribution in [-0.2, 0) is 16.1 Å². The number of alkyl halides is 6. The van der Waals surface area contributed by atoms with Gasteiger partial charge in [0.1, 0.15) is 17.8 Å². The van der Waals surface area contributed by atoms with E-state index in [1.54, 1.807) is 12.1 Å². The van der Waals surface area contributed by atoms with Gasteiger partial charge in [-0.2, -0.15) is 26.3 Å². The van der Waals surface area contributed by atoms with Crippen molar-refractivity contribution in [3.63, 3.8) is 0 Å². The maximum absolute atomic E-state index is 12.6. The van der Waals surface area contributed by atoms with E-state index in [-0.39, 0.29) is 32.8 Å². The summed E-state index contributed by atoms with van der Waals surface area (Å²) in [4.78, 5) is 26.0. The summed E-state index contributed by atoms with van der Waals surface area (Å²) < 4.78 is 85.4. The van der Waals surface area contributed by atoms with E-state index in [1.807, 2.05) is 17.9 Å². The number of piperazine rings is 1. The molecule has 1 aromatic rings. The topological polar surface area (TPSA) is 79.3 Å². The lowest BCUT2D eigenvalue weighted by Crippen LogP contribution is -2.52. The summed E-state index contributed by atoms with van der Waals surface area (Å²) in [6.07, 6.45) is -16.3. The van der Waals surface area contributed by atoms with Gasteiger partial charge in [-0.15, -0.1) is 0 Å². The van der Waals surface area contributed by atoms with Gasteiger partial charge in [-0.3, -0.25) is 9.69 Å². The largest absolute Gasteiger partial charge is 0.492 e. The van der Waals surface area contributed by atoms with Crippen LogP contribution in [0.2, 0.25) is 0 Å². The third-order valence-electron chi connectivity index (χ3n) is 5.93. The van der Waals surface area contributed by atoms with Crippen LogP contribution in [-0.4, -0.2) is 78.2 Å². The summed E-state index contributed by atoms with van der Waals surface area (Å²) in [5.41, 5.74) is 0.675. The zero-order chi connectivity index (χ0) is 25.3. The van der Waals surface area contributed by atoms with E-state index in [1.165, 1.54) is 0 Å². The molecule has 1 aromatic carbocycles. The first-order valence-electron chi connectivity index (χ1n) is 10.5. The molecule has 13 heteroatoms. The van der Waals surface area contributed by atoms with Crippen LogP contribution in [0.4, 0.5) is 31.1 Å². The molecule has 0 unspecified atom stereocenters. The van der Waals surface area contributed by atoms with Crippen molar-refractivity contribution in [3.8, 4) is 5.75 Å². The highest BCUT2D eigenvalue weighted by Gasteiger charge is 2.60. The Kier molecular flexibility index (Phi) is 7.25. The summed E-state index contributed by atoms with van der Waals surface area (Å²) in [5.74, 6) is -0.376. The summed E-state index contributed by atoms with van der Waals surface area (Å²) in [5, 5.41) is 9.34. The van der Waals surface area contributed by atoms with E-state index in [0.29, 0.717) is 25.1 Å². The van der Waals surface area contributed by atoms with Gasteiger partial charge in [0.25, 0.3) is 6.10 Å². The quantitative estimate of drug-likeness (QED) is 0.573. The van der Waals surface area contributed by atoms with Gasteiger partial charge in [0.2, 0.25) is 0 Å². The Hall–Kier alpha value is -2.70. The predicted molar refractivity (Wildman–Crippen MR) is 105 cm³/mol. The lowest BCUT2D eigenvalue weighted by Gasteiger charge is -2.35. The minimum atomic E-state index is -5.77. The molecule has 0 spiro atoms. The summed E-state index contributed by atoms with van der Waals surface area (Å²) in [6.45, 7) is 2.31. The van der Waals surface area contributed by atoms with E-state index in [2.05, 4.69) is 4.74 Å². The van der Waals surface area contributed by atoms with E-state index < -0.39 is 35.9 Å². The SMILES string of the molecule is Cc1cccc(CN2CCN(C(=O)OC(C(F)(F)F)C(F)(F)F)CC2)c1OCC1(C(=O)O)CC1. The molecule has 1 heterocycles. The van der Waals surface area contributed by atoms with E-state index >= 15 is 0 Å². The predicted octanol–water partition coefficient (Wildman–Crippen LogP) is 3.99. The second-order valence-electron chi connectivity index (χ2n) is 8.55. The molecule has 1 amide bonds. The van der Waals surface area contributed by atoms with Crippen LogP contribution in [0.1, 0.15) is 24.0 Å². The van der Waals surface area contributed by atoms with Crippen LogP contribution in [0.15, 0.2) is 18.2 Å². The molecule has 7 nitrogen and oxygen atoms in total. The van der Waals surface area contributed by atoms with Gasteiger partial charge in [-0.05, 0) is 25.3 Å². The fourth-order valence-corrected chi connectivity index (χ4v) is 3.65. The van der Waals surface area contributed by atoms with Gasteiger partial charge in [-0.25, -0.2) is 4.79 Å². The lowest BCUT2D eigenvalue weighted by atomic mass is 10.1.